The first-order valence-electron chi connectivity index (χ1n) is 16.4. The average Bonchev–Trinajstić information content (AvgIpc) is 3.84. The number of fused-ring (bicyclic) bond motifs is 12. The number of aromatic nitrogens is 2. The molecule has 0 radical (unpaired) electrons. The molecule has 48 heavy (non-hydrogen) atoms. The van der Waals surface area contributed by atoms with Crippen LogP contribution < -0.4 is 0 Å². The molecule has 0 amide bonds. The maximum Gasteiger partial charge on any atom is 0.136 e. The molecule has 0 fully saturated rings. The van der Waals surface area contributed by atoms with Gasteiger partial charge in [-0.25, -0.2) is 0 Å². The molecule has 0 N–H and O–H groups in total. The Morgan fingerprint density at radius 1 is 0.333 bits per heavy atom. The standard InChI is InChI=1S/C44H28N2O2/c1-25-19-41-31(21-39(25)45-35-15-7-3-11-27(35)28-12-4-8-16-36(28)45)33-23-44-34(24-43(33)47-41)32-22-40(26(2)20-42(32)48-44)46-37-17-9-5-13-29(37)30-14-6-10-18-38(30)46/h3-24H,1-2H3. The molecule has 0 atom stereocenters. The Balaban J connectivity index is 1.15. The number of aryl methyl sites for hydroxylation is 2. The molecule has 11 aromatic rings. The minimum absolute atomic E-state index is 0.859. The van der Waals surface area contributed by atoms with E-state index in [-0.39, 0.29) is 0 Å². The van der Waals surface area contributed by atoms with Gasteiger partial charge in [0.1, 0.15) is 22.3 Å². The maximum atomic E-state index is 6.59. The number of para-hydroxylation sites is 4. The van der Waals surface area contributed by atoms with Gasteiger partial charge in [-0.05, 0) is 85.6 Å². The number of benzene rings is 7. The highest BCUT2D eigenvalue weighted by atomic mass is 16.3. The van der Waals surface area contributed by atoms with Crippen LogP contribution in [-0.2, 0) is 0 Å². The van der Waals surface area contributed by atoms with Gasteiger partial charge in [-0.15, -0.1) is 0 Å². The fraction of sp³-hybridized carbons (Fsp3) is 0.0455. The molecule has 4 heteroatoms. The molecular formula is C44H28N2O2. The van der Waals surface area contributed by atoms with Crippen LogP contribution in [0.1, 0.15) is 11.1 Å². The topological polar surface area (TPSA) is 36.1 Å². The van der Waals surface area contributed by atoms with E-state index in [1.807, 2.05) is 0 Å². The van der Waals surface area contributed by atoms with Gasteiger partial charge in [0.25, 0.3) is 0 Å². The highest BCUT2D eigenvalue weighted by Gasteiger charge is 2.20. The summed E-state index contributed by atoms with van der Waals surface area (Å²) in [5.41, 5.74) is 12.9. The van der Waals surface area contributed by atoms with Crippen LogP contribution in [0.4, 0.5) is 0 Å². The van der Waals surface area contributed by atoms with Crippen LogP contribution in [0.15, 0.2) is 142 Å². The fourth-order valence-corrected chi connectivity index (χ4v) is 8.16. The smallest absolute Gasteiger partial charge is 0.136 e. The summed E-state index contributed by atoms with van der Waals surface area (Å²) in [6.45, 7) is 4.34. The second-order valence-electron chi connectivity index (χ2n) is 13.1. The third-order valence-electron chi connectivity index (χ3n) is 10.3. The van der Waals surface area contributed by atoms with Crippen molar-refractivity contribution in [2.75, 3.05) is 0 Å². The molecule has 4 nitrogen and oxygen atoms in total. The predicted octanol–water partition coefficient (Wildman–Crippen LogP) is 12.3. The van der Waals surface area contributed by atoms with E-state index >= 15 is 0 Å². The van der Waals surface area contributed by atoms with Crippen molar-refractivity contribution in [3.8, 4) is 11.4 Å². The van der Waals surface area contributed by atoms with E-state index < -0.39 is 0 Å². The molecule has 0 bridgehead atoms. The van der Waals surface area contributed by atoms with Crippen LogP contribution in [0.3, 0.4) is 0 Å². The Bertz CT molecular complexity index is 2830. The fourth-order valence-electron chi connectivity index (χ4n) is 8.16. The monoisotopic (exact) mass is 616 g/mol. The molecule has 4 heterocycles. The summed E-state index contributed by atoms with van der Waals surface area (Å²) in [6, 6.07) is 47.9. The van der Waals surface area contributed by atoms with Gasteiger partial charge in [-0.3, -0.25) is 0 Å². The van der Waals surface area contributed by atoms with Gasteiger partial charge >= 0.3 is 0 Å². The molecular weight excluding hydrogens is 588 g/mol. The van der Waals surface area contributed by atoms with Gasteiger partial charge in [0.05, 0.1) is 22.1 Å². The third kappa shape index (κ3) is 3.33. The van der Waals surface area contributed by atoms with Gasteiger partial charge in [0, 0.05) is 54.5 Å². The number of hydrogen-bond donors (Lipinski definition) is 0. The van der Waals surface area contributed by atoms with Crippen LogP contribution in [0.25, 0.3) is 98.9 Å². The summed E-state index contributed by atoms with van der Waals surface area (Å²) >= 11 is 0. The third-order valence-corrected chi connectivity index (χ3v) is 10.3. The van der Waals surface area contributed by atoms with E-state index in [1.54, 1.807) is 0 Å². The lowest BCUT2D eigenvalue weighted by atomic mass is 10.0. The van der Waals surface area contributed by atoms with Crippen LogP contribution >= 0.6 is 0 Å². The molecule has 11 rings (SSSR count). The number of hydrogen-bond acceptors (Lipinski definition) is 2. The molecule has 7 aromatic carbocycles. The molecule has 0 aliphatic heterocycles. The second-order valence-corrected chi connectivity index (χ2v) is 13.1. The largest absolute Gasteiger partial charge is 0.456 e. The summed E-state index contributed by atoms with van der Waals surface area (Å²) in [6.07, 6.45) is 0. The predicted molar refractivity (Wildman–Crippen MR) is 199 cm³/mol. The first kappa shape index (κ1) is 25.9. The average molecular weight is 617 g/mol. The first-order chi connectivity index (χ1) is 23.6. The summed E-state index contributed by atoms with van der Waals surface area (Å²) in [5, 5.41) is 9.28. The van der Waals surface area contributed by atoms with Gasteiger partial charge in [-0.2, -0.15) is 0 Å². The molecule has 0 aliphatic rings. The molecule has 0 spiro atoms. The van der Waals surface area contributed by atoms with Gasteiger partial charge in [-0.1, -0.05) is 72.8 Å². The van der Waals surface area contributed by atoms with Crippen molar-refractivity contribution in [3.05, 3.63) is 145 Å². The Labute approximate surface area is 274 Å². The number of furan rings is 2. The van der Waals surface area contributed by atoms with Crippen molar-refractivity contribution in [2.24, 2.45) is 0 Å². The van der Waals surface area contributed by atoms with Crippen molar-refractivity contribution < 1.29 is 8.83 Å². The normalized spacial score (nSPS) is 12.4. The Morgan fingerprint density at radius 2 is 0.625 bits per heavy atom. The van der Waals surface area contributed by atoms with Crippen LogP contribution in [0.5, 0.6) is 0 Å². The number of rotatable bonds is 2. The van der Waals surface area contributed by atoms with Crippen LogP contribution in [0.2, 0.25) is 0 Å². The van der Waals surface area contributed by atoms with Gasteiger partial charge in [0.15, 0.2) is 0 Å². The Morgan fingerprint density at radius 3 is 0.979 bits per heavy atom. The Hall–Kier alpha value is -6.26. The minimum atomic E-state index is 0.859. The molecule has 0 aliphatic carbocycles. The zero-order valence-electron chi connectivity index (χ0n) is 26.4. The van der Waals surface area contributed by atoms with E-state index in [0.29, 0.717) is 0 Å². The van der Waals surface area contributed by atoms with Crippen molar-refractivity contribution >= 4 is 87.5 Å². The first-order valence-corrected chi connectivity index (χ1v) is 16.4. The van der Waals surface area contributed by atoms with Crippen molar-refractivity contribution in [2.45, 2.75) is 13.8 Å². The van der Waals surface area contributed by atoms with Crippen molar-refractivity contribution in [3.63, 3.8) is 0 Å². The lowest BCUT2D eigenvalue weighted by Crippen LogP contribution is -1.96. The minimum Gasteiger partial charge on any atom is -0.456 e. The SMILES string of the molecule is Cc1cc2oc3cc4c(cc3c2cc1-n1c2ccccc2c2ccccc21)oc1cc(C)c(-n2c3ccccc3c3ccccc32)cc14. The second kappa shape index (κ2) is 9.18. The van der Waals surface area contributed by atoms with Gasteiger partial charge in [0.2, 0.25) is 0 Å². The quantitative estimate of drug-likeness (QED) is 0.194. The van der Waals surface area contributed by atoms with Crippen LogP contribution in [-0.4, -0.2) is 9.13 Å². The summed E-state index contributed by atoms with van der Waals surface area (Å²) < 4.78 is 18.0. The van der Waals surface area contributed by atoms with E-state index in [1.165, 1.54) is 43.6 Å². The van der Waals surface area contributed by atoms with Crippen molar-refractivity contribution in [1.29, 1.82) is 0 Å². The summed E-state index contributed by atoms with van der Waals surface area (Å²) in [5.74, 6) is 0. The van der Waals surface area contributed by atoms with E-state index in [4.69, 9.17) is 8.83 Å². The highest BCUT2D eigenvalue weighted by Crippen LogP contribution is 2.42. The maximum absolute atomic E-state index is 6.59. The molecule has 0 saturated carbocycles. The Kier molecular flexibility index (Phi) is 4.95. The zero-order valence-corrected chi connectivity index (χ0v) is 26.4. The lowest BCUT2D eigenvalue weighted by molar-refractivity contribution is 0.663. The van der Waals surface area contributed by atoms with E-state index in [2.05, 4.69) is 156 Å². The summed E-state index contributed by atoms with van der Waals surface area (Å²) in [7, 11) is 0. The summed E-state index contributed by atoms with van der Waals surface area (Å²) in [4.78, 5) is 0. The molecule has 226 valence electrons. The number of nitrogens with zero attached hydrogens (tertiary/aromatic N) is 2. The van der Waals surface area contributed by atoms with Crippen molar-refractivity contribution in [1.82, 2.24) is 9.13 Å². The molecule has 0 saturated heterocycles. The zero-order chi connectivity index (χ0) is 31.7. The van der Waals surface area contributed by atoms with Gasteiger partial charge < -0.3 is 18.0 Å². The highest BCUT2D eigenvalue weighted by molar-refractivity contribution is 6.17. The van der Waals surface area contributed by atoms with E-state index in [0.717, 1.165) is 66.4 Å². The lowest BCUT2D eigenvalue weighted by Gasteiger charge is -2.11. The van der Waals surface area contributed by atoms with E-state index in [9.17, 15) is 0 Å². The molecule has 4 aromatic heterocycles. The van der Waals surface area contributed by atoms with Crippen LogP contribution in [0, 0.1) is 13.8 Å². The molecule has 0 unspecified atom stereocenters.